The van der Waals surface area contributed by atoms with Gasteiger partial charge in [0, 0.05) is 43.4 Å². The van der Waals surface area contributed by atoms with E-state index in [0.717, 1.165) is 45.1 Å². The first-order valence-electron chi connectivity index (χ1n) is 18.9. The average molecular weight is 757 g/mol. The summed E-state index contributed by atoms with van der Waals surface area (Å²) in [6.07, 6.45) is 12.2. The van der Waals surface area contributed by atoms with Crippen LogP contribution in [-0.2, 0) is 9.47 Å². The number of methoxy groups -OCH3 is 1. The lowest BCUT2D eigenvalue weighted by Gasteiger charge is -2.42. The molecule has 0 radical (unpaired) electrons. The summed E-state index contributed by atoms with van der Waals surface area (Å²) >= 11 is 0. The van der Waals surface area contributed by atoms with E-state index in [1.165, 1.54) is 19.4 Å². The van der Waals surface area contributed by atoms with Crippen molar-refractivity contribution in [3.8, 4) is 35.4 Å². The number of terminal acetylenes is 1. The number of halogens is 2. The van der Waals surface area contributed by atoms with Crippen LogP contribution in [0.5, 0.6) is 11.8 Å². The number of fused-ring (bicyclic) bond motifs is 5. The molecule has 4 saturated heterocycles. The fourth-order valence-electron chi connectivity index (χ4n) is 9.16. The first-order valence-corrected chi connectivity index (χ1v) is 18.9. The second kappa shape index (κ2) is 14.3. The normalized spacial score (nSPS) is 23.7. The van der Waals surface area contributed by atoms with Crippen LogP contribution >= 0.6 is 0 Å². The highest BCUT2D eigenvalue weighted by atomic mass is 19.1. The molecule has 12 nitrogen and oxygen atoms in total. The summed E-state index contributed by atoms with van der Waals surface area (Å²) in [5, 5.41) is 11.3. The molecule has 4 aliphatic heterocycles. The SMILES string of the molecule is C#Cc1c(F)ccc2cc(OCOC)cc(-c3ncc4c(N5CC6CCC(C5)N6C(=O)OC(C)(C)C)nc(OC[C@]56CCCN5[C@H](CO)CC6)nc4c3F)c12. The van der Waals surface area contributed by atoms with Crippen LogP contribution in [-0.4, -0.2) is 112 Å². The van der Waals surface area contributed by atoms with E-state index >= 15 is 8.78 Å². The van der Waals surface area contributed by atoms with Crippen LogP contribution in [0.4, 0.5) is 19.4 Å². The van der Waals surface area contributed by atoms with Gasteiger partial charge >= 0.3 is 12.1 Å². The van der Waals surface area contributed by atoms with Gasteiger partial charge in [0.15, 0.2) is 12.6 Å². The number of piperazine rings is 1. The third-order valence-electron chi connectivity index (χ3n) is 11.5. The topological polar surface area (TPSA) is 123 Å². The number of aliphatic hydroxyl groups is 1. The molecule has 14 heteroatoms. The maximum atomic E-state index is 17.3. The molecule has 55 heavy (non-hydrogen) atoms. The number of nitrogens with zero attached hydrogens (tertiary/aromatic N) is 6. The molecule has 2 aromatic carbocycles. The number of amides is 1. The summed E-state index contributed by atoms with van der Waals surface area (Å²) in [5.74, 6) is 1.84. The molecule has 2 unspecified atom stereocenters. The number of ether oxygens (including phenoxy) is 4. The van der Waals surface area contributed by atoms with E-state index in [4.69, 9.17) is 30.4 Å². The molecular weight excluding hydrogens is 710 g/mol. The second-order valence-electron chi connectivity index (χ2n) is 16.1. The van der Waals surface area contributed by atoms with Crippen LogP contribution in [0.1, 0.15) is 64.9 Å². The van der Waals surface area contributed by atoms with Crippen molar-refractivity contribution in [3.05, 3.63) is 47.7 Å². The minimum Gasteiger partial charge on any atom is -0.468 e. The Balaban J connectivity index is 1.24. The van der Waals surface area contributed by atoms with Gasteiger partial charge < -0.3 is 29.0 Å². The summed E-state index contributed by atoms with van der Waals surface area (Å²) in [5.41, 5.74) is -0.845. The molecule has 0 aliphatic carbocycles. The molecule has 1 N–H and O–H groups in total. The largest absolute Gasteiger partial charge is 0.468 e. The number of pyridine rings is 1. The molecule has 8 rings (SSSR count). The number of benzene rings is 2. The molecule has 2 aromatic heterocycles. The lowest BCUT2D eigenvalue weighted by atomic mass is 9.95. The molecule has 290 valence electrons. The third kappa shape index (κ3) is 6.66. The minimum atomic E-state index is -0.763. The highest BCUT2D eigenvalue weighted by Crippen LogP contribution is 2.44. The van der Waals surface area contributed by atoms with Gasteiger partial charge in [-0.05, 0) is 89.4 Å². The van der Waals surface area contributed by atoms with Crippen molar-refractivity contribution in [2.75, 3.05) is 51.7 Å². The Morgan fingerprint density at radius 2 is 1.87 bits per heavy atom. The van der Waals surface area contributed by atoms with E-state index in [1.54, 1.807) is 18.2 Å². The maximum Gasteiger partial charge on any atom is 0.410 e. The van der Waals surface area contributed by atoms with E-state index in [0.29, 0.717) is 40.8 Å². The molecule has 4 atom stereocenters. The van der Waals surface area contributed by atoms with Crippen LogP contribution in [0.3, 0.4) is 0 Å². The number of aliphatic hydroxyl groups excluding tert-OH is 1. The van der Waals surface area contributed by atoms with Gasteiger partial charge in [-0.15, -0.1) is 6.42 Å². The van der Waals surface area contributed by atoms with Crippen LogP contribution in [0.15, 0.2) is 30.5 Å². The number of hydrogen-bond acceptors (Lipinski definition) is 11. The van der Waals surface area contributed by atoms with Crippen LogP contribution in [0, 0.1) is 24.0 Å². The number of aromatic nitrogens is 3. The van der Waals surface area contributed by atoms with Gasteiger partial charge in [-0.3, -0.25) is 14.8 Å². The first kappa shape index (κ1) is 37.1. The Kier molecular flexibility index (Phi) is 9.68. The fraction of sp³-hybridized carbons (Fsp3) is 0.512. The first-order chi connectivity index (χ1) is 26.4. The predicted octanol–water partition coefficient (Wildman–Crippen LogP) is 6.04. The Bertz CT molecular complexity index is 2180. The number of hydrogen-bond donors (Lipinski definition) is 1. The van der Waals surface area contributed by atoms with Gasteiger partial charge in [0.05, 0.1) is 35.2 Å². The van der Waals surface area contributed by atoms with Crippen molar-refractivity contribution in [2.24, 2.45) is 0 Å². The molecule has 4 fully saturated rings. The highest BCUT2D eigenvalue weighted by molar-refractivity contribution is 6.03. The van der Waals surface area contributed by atoms with E-state index in [1.807, 2.05) is 25.7 Å². The van der Waals surface area contributed by atoms with Crippen molar-refractivity contribution < 1.29 is 37.6 Å². The van der Waals surface area contributed by atoms with Crippen molar-refractivity contribution in [3.63, 3.8) is 0 Å². The van der Waals surface area contributed by atoms with E-state index < -0.39 is 17.2 Å². The zero-order chi connectivity index (χ0) is 38.6. The van der Waals surface area contributed by atoms with Gasteiger partial charge in [-0.2, -0.15) is 9.97 Å². The quantitative estimate of drug-likeness (QED) is 0.159. The van der Waals surface area contributed by atoms with E-state index in [9.17, 15) is 9.90 Å². The summed E-state index contributed by atoms with van der Waals surface area (Å²) < 4.78 is 55.6. The highest BCUT2D eigenvalue weighted by Gasteiger charge is 2.50. The Morgan fingerprint density at radius 3 is 2.58 bits per heavy atom. The Hall–Kier alpha value is -4.84. The van der Waals surface area contributed by atoms with Gasteiger partial charge in [0.2, 0.25) is 0 Å². The lowest BCUT2D eigenvalue weighted by molar-refractivity contribution is 0.0122. The molecule has 0 spiro atoms. The Morgan fingerprint density at radius 1 is 1.09 bits per heavy atom. The predicted molar refractivity (Wildman–Crippen MR) is 202 cm³/mol. The summed E-state index contributed by atoms with van der Waals surface area (Å²) in [6, 6.07) is 5.87. The van der Waals surface area contributed by atoms with Crippen molar-refractivity contribution in [1.29, 1.82) is 0 Å². The molecule has 4 aromatic rings. The maximum absolute atomic E-state index is 17.3. The van der Waals surface area contributed by atoms with Crippen molar-refractivity contribution >= 4 is 33.6 Å². The number of rotatable bonds is 9. The van der Waals surface area contributed by atoms with Crippen molar-refractivity contribution in [2.45, 2.75) is 88.6 Å². The average Bonchev–Trinajstić information content (AvgIpc) is 3.81. The summed E-state index contributed by atoms with van der Waals surface area (Å²) in [4.78, 5) is 33.7. The fourth-order valence-corrected chi connectivity index (χ4v) is 9.16. The van der Waals surface area contributed by atoms with Gasteiger partial charge in [-0.1, -0.05) is 12.0 Å². The van der Waals surface area contributed by atoms with Gasteiger partial charge in [-0.25, -0.2) is 13.6 Å². The molecule has 6 heterocycles. The molecular formula is C41H46F2N6O6. The number of anilines is 1. The van der Waals surface area contributed by atoms with E-state index in [-0.39, 0.29) is 78.1 Å². The smallest absolute Gasteiger partial charge is 0.410 e. The van der Waals surface area contributed by atoms with E-state index in [2.05, 4.69) is 25.7 Å². The molecule has 1 amide bonds. The summed E-state index contributed by atoms with van der Waals surface area (Å²) in [7, 11) is 1.49. The van der Waals surface area contributed by atoms with Crippen LogP contribution in [0.2, 0.25) is 0 Å². The number of carbonyl (C=O) groups excluding carboxylic acids is 1. The second-order valence-corrected chi connectivity index (χ2v) is 16.1. The third-order valence-corrected chi connectivity index (χ3v) is 11.5. The zero-order valence-corrected chi connectivity index (χ0v) is 31.6. The zero-order valence-electron chi connectivity index (χ0n) is 31.6. The molecule has 0 saturated carbocycles. The van der Waals surface area contributed by atoms with Gasteiger partial charge in [0.25, 0.3) is 0 Å². The van der Waals surface area contributed by atoms with Crippen LogP contribution in [0.25, 0.3) is 32.9 Å². The lowest BCUT2D eigenvalue weighted by Crippen LogP contribution is -2.57. The van der Waals surface area contributed by atoms with Crippen molar-refractivity contribution in [1.82, 2.24) is 24.8 Å². The summed E-state index contributed by atoms with van der Waals surface area (Å²) in [6.45, 7) is 7.58. The van der Waals surface area contributed by atoms with Gasteiger partial charge in [0.1, 0.15) is 40.8 Å². The Labute approximate surface area is 318 Å². The molecule has 4 aliphatic rings. The van der Waals surface area contributed by atoms with Crippen LogP contribution < -0.4 is 14.4 Å². The molecule has 2 bridgehead atoms. The standard InChI is InChI=1S/C41H46F2N6O6/c1-6-29-32(42)11-8-24-16-28(54-23-52-5)17-30(33(24)29)35-34(43)36-31(18-44-35)37(47-19-25-9-10-26(20-47)49(25)39(51)55-40(2,3)4)46-38(45-36)53-22-41-13-7-15-48(41)27(21-50)12-14-41/h1,8,11,16-18,25-27,50H,7,9-10,12-15,19-23H2,2-5H3/t25?,26?,27-,41+/m0/s1. The number of carbonyl (C=O) groups is 1. The minimum absolute atomic E-state index is 0.00605. The monoisotopic (exact) mass is 756 g/mol.